The molecule has 0 spiro atoms. The summed E-state index contributed by atoms with van der Waals surface area (Å²) in [5.74, 6) is 4.81. The van der Waals surface area contributed by atoms with E-state index in [4.69, 9.17) is 0 Å². The fourth-order valence-electron chi connectivity index (χ4n) is 8.16. The molecule has 2 N–H and O–H groups in total. The standard InChI is InChI=1S/C22H38O2/c1-14(23)19-8-9-20-18-7-6-15-13-21(2,24)11-4-5-16(15)17(18)10-12-22(19,20)3/h14-20,23-24H,4-13H2,1-3H3/t14-,15+,16-,17+,18+,19+,20-,21+,22+/m0/s1. The van der Waals surface area contributed by atoms with Crippen LogP contribution >= 0.6 is 0 Å². The van der Waals surface area contributed by atoms with Crippen molar-refractivity contribution in [3.05, 3.63) is 0 Å². The third-order valence-electron chi connectivity index (χ3n) is 9.13. The minimum atomic E-state index is -0.416. The number of hydrogen-bond donors (Lipinski definition) is 2. The molecule has 0 unspecified atom stereocenters. The third-order valence-corrected chi connectivity index (χ3v) is 9.13. The quantitative estimate of drug-likeness (QED) is 0.724. The molecule has 4 aliphatic rings. The summed E-state index contributed by atoms with van der Waals surface area (Å²) in [7, 11) is 0. The van der Waals surface area contributed by atoms with Gasteiger partial charge in [-0.1, -0.05) is 13.3 Å². The molecule has 2 heteroatoms. The van der Waals surface area contributed by atoms with E-state index in [0.717, 1.165) is 42.4 Å². The van der Waals surface area contributed by atoms with Gasteiger partial charge in [0.2, 0.25) is 0 Å². The van der Waals surface area contributed by atoms with Crippen LogP contribution in [0.4, 0.5) is 0 Å². The lowest BCUT2D eigenvalue weighted by atomic mass is 9.50. The van der Waals surface area contributed by atoms with Gasteiger partial charge in [-0.15, -0.1) is 0 Å². The lowest BCUT2D eigenvalue weighted by molar-refractivity contribution is -0.0773. The molecule has 9 atom stereocenters. The van der Waals surface area contributed by atoms with Crippen LogP contribution in [0.15, 0.2) is 0 Å². The van der Waals surface area contributed by atoms with Gasteiger partial charge in [0, 0.05) is 0 Å². The molecule has 138 valence electrons. The fourth-order valence-corrected chi connectivity index (χ4v) is 8.16. The largest absolute Gasteiger partial charge is 0.393 e. The molecule has 4 fully saturated rings. The van der Waals surface area contributed by atoms with Crippen LogP contribution in [0.5, 0.6) is 0 Å². The molecular formula is C22H38O2. The van der Waals surface area contributed by atoms with Crippen LogP contribution in [0.2, 0.25) is 0 Å². The van der Waals surface area contributed by atoms with Gasteiger partial charge in [0.15, 0.2) is 0 Å². The zero-order valence-corrected chi connectivity index (χ0v) is 16.0. The van der Waals surface area contributed by atoms with E-state index in [2.05, 4.69) is 13.8 Å². The van der Waals surface area contributed by atoms with E-state index < -0.39 is 5.60 Å². The highest BCUT2D eigenvalue weighted by Crippen LogP contribution is 2.64. The number of aliphatic hydroxyl groups excluding tert-OH is 1. The molecule has 0 aromatic rings. The summed E-state index contributed by atoms with van der Waals surface area (Å²) in [6.45, 7) is 6.60. The van der Waals surface area contributed by atoms with E-state index in [1.807, 2.05) is 6.92 Å². The second-order valence-corrected chi connectivity index (χ2v) is 10.5. The van der Waals surface area contributed by atoms with E-state index in [0.29, 0.717) is 11.3 Å². The van der Waals surface area contributed by atoms with Crippen LogP contribution in [0.25, 0.3) is 0 Å². The van der Waals surface area contributed by atoms with E-state index >= 15 is 0 Å². The molecule has 0 aromatic heterocycles. The molecule has 24 heavy (non-hydrogen) atoms. The molecule has 0 saturated heterocycles. The van der Waals surface area contributed by atoms with Crippen molar-refractivity contribution in [1.29, 1.82) is 0 Å². The van der Waals surface area contributed by atoms with E-state index in [9.17, 15) is 10.2 Å². The molecule has 0 aliphatic heterocycles. The molecule has 0 heterocycles. The molecule has 0 radical (unpaired) electrons. The molecule has 0 aromatic carbocycles. The SMILES string of the molecule is C[C@H](O)[C@H]1CC[C@H]2[C@@H]3CC[C@@H]4C[C@](C)(O)CCC[C@@H]4[C@H]3CC[C@]12C. The van der Waals surface area contributed by atoms with Crippen LogP contribution in [-0.4, -0.2) is 21.9 Å². The van der Waals surface area contributed by atoms with Gasteiger partial charge in [0.25, 0.3) is 0 Å². The van der Waals surface area contributed by atoms with Crippen molar-refractivity contribution >= 4 is 0 Å². The van der Waals surface area contributed by atoms with E-state index in [1.165, 1.54) is 51.4 Å². The molecular weight excluding hydrogens is 296 g/mol. The first-order valence-electron chi connectivity index (χ1n) is 10.7. The van der Waals surface area contributed by atoms with E-state index in [-0.39, 0.29) is 6.10 Å². The third kappa shape index (κ3) is 2.67. The first kappa shape index (κ1) is 17.3. The second-order valence-electron chi connectivity index (χ2n) is 10.5. The van der Waals surface area contributed by atoms with Gasteiger partial charge in [-0.25, -0.2) is 0 Å². The van der Waals surface area contributed by atoms with Gasteiger partial charge in [0.1, 0.15) is 0 Å². The smallest absolute Gasteiger partial charge is 0.0622 e. The van der Waals surface area contributed by atoms with Crippen LogP contribution in [-0.2, 0) is 0 Å². The number of hydrogen-bond acceptors (Lipinski definition) is 2. The van der Waals surface area contributed by atoms with Crippen molar-refractivity contribution in [3.8, 4) is 0 Å². The van der Waals surface area contributed by atoms with Gasteiger partial charge in [-0.2, -0.15) is 0 Å². The van der Waals surface area contributed by atoms with Crippen molar-refractivity contribution in [2.24, 2.45) is 40.9 Å². The van der Waals surface area contributed by atoms with Gasteiger partial charge in [-0.05, 0) is 113 Å². The zero-order valence-electron chi connectivity index (χ0n) is 16.0. The topological polar surface area (TPSA) is 40.5 Å². The van der Waals surface area contributed by atoms with Gasteiger partial charge in [-0.3, -0.25) is 0 Å². The Morgan fingerprint density at radius 3 is 2.42 bits per heavy atom. The first-order chi connectivity index (χ1) is 11.3. The summed E-state index contributed by atoms with van der Waals surface area (Å²) < 4.78 is 0. The molecule has 4 aliphatic carbocycles. The van der Waals surface area contributed by atoms with Crippen LogP contribution < -0.4 is 0 Å². The molecule has 4 rings (SSSR count). The van der Waals surface area contributed by atoms with Gasteiger partial charge >= 0.3 is 0 Å². The Labute approximate surface area is 148 Å². The van der Waals surface area contributed by atoms with Crippen molar-refractivity contribution in [1.82, 2.24) is 0 Å². The minimum absolute atomic E-state index is 0.138. The summed E-state index contributed by atoms with van der Waals surface area (Å²) in [5, 5.41) is 21.0. The van der Waals surface area contributed by atoms with Crippen molar-refractivity contribution in [3.63, 3.8) is 0 Å². The highest BCUT2D eigenvalue weighted by molar-refractivity contribution is 5.07. The Kier molecular flexibility index (Phi) is 4.32. The maximum Gasteiger partial charge on any atom is 0.0622 e. The summed E-state index contributed by atoms with van der Waals surface area (Å²) >= 11 is 0. The fraction of sp³-hybridized carbons (Fsp3) is 1.00. The Hall–Kier alpha value is -0.0800. The van der Waals surface area contributed by atoms with Crippen molar-refractivity contribution in [2.75, 3.05) is 0 Å². The highest BCUT2D eigenvalue weighted by Gasteiger charge is 2.57. The Morgan fingerprint density at radius 1 is 0.875 bits per heavy atom. The van der Waals surface area contributed by atoms with Gasteiger partial charge in [0.05, 0.1) is 11.7 Å². The summed E-state index contributed by atoms with van der Waals surface area (Å²) in [6, 6.07) is 0. The Balaban J connectivity index is 1.55. The molecule has 2 nitrogen and oxygen atoms in total. The average Bonchev–Trinajstić information content (AvgIpc) is 2.77. The molecule has 4 saturated carbocycles. The van der Waals surface area contributed by atoms with Crippen LogP contribution in [0.3, 0.4) is 0 Å². The van der Waals surface area contributed by atoms with Crippen molar-refractivity contribution < 1.29 is 10.2 Å². The van der Waals surface area contributed by atoms with Crippen LogP contribution in [0.1, 0.15) is 85.0 Å². The lowest BCUT2D eigenvalue weighted by Gasteiger charge is -2.55. The number of rotatable bonds is 1. The van der Waals surface area contributed by atoms with E-state index in [1.54, 1.807) is 0 Å². The Bertz CT molecular complexity index is 471. The molecule has 0 bridgehead atoms. The lowest BCUT2D eigenvalue weighted by Crippen LogP contribution is -2.48. The normalized spacial score (nSPS) is 55.9. The average molecular weight is 335 g/mol. The molecule has 0 amide bonds. The number of fused-ring (bicyclic) bond motifs is 5. The maximum absolute atomic E-state index is 10.6. The second kappa shape index (κ2) is 5.98. The summed E-state index contributed by atoms with van der Waals surface area (Å²) in [6.07, 6.45) is 12.5. The van der Waals surface area contributed by atoms with Crippen LogP contribution in [0, 0.1) is 40.9 Å². The van der Waals surface area contributed by atoms with Crippen molar-refractivity contribution in [2.45, 2.75) is 96.7 Å². The Morgan fingerprint density at radius 2 is 1.67 bits per heavy atom. The monoisotopic (exact) mass is 334 g/mol. The maximum atomic E-state index is 10.6. The zero-order chi connectivity index (χ0) is 17.1. The predicted molar refractivity (Wildman–Crippen MR) is 97.5 cm³/mol. The number of aliphatic hydroxyl groups is 2. The first-order valence-corrected chi connectivity index (χ1v) is 10.7. The summed E-state index contributed by atoms with van der Waals surface area (Å²) in [5.41, 5.74) is -0.0292. The minimum Gasteiger partial charge on any atom is -0.393 e. The predicted octanol–water partition coefficient (Wildman–Crippen LogP) is 4.78. The van der Waals surface area contributed by atoms with Gasteiger partial charge < -0.3 is 10.2 Å². The highest BCUT2D eigenvalue weighted by atomic mass is 16.3. The summed E-state index contributed by atoms with van der Waals surface area (Å²) in [4.78, 5) is 0.